The Kier molecular flexibility index (Phi) is 4.93. The Balaban J connectivity index is 1.43. The van der Waals surface area contributed by atoms with Crippen LogP contribution in [0, 0.1) is 25.2 Å². The van der Waals surface area contributed by atoms with Crippen molar-refractivity contribution in [2.45, 2.75) is 19.9 Å². The predicted molar refractivity (Wildman–Crippen MR) is 104 cm³/mol. The number of hydrogen-bond donors (Lipinski definition) is 0. The van der Waals surface area contributed by atoms with Crippen molar-refractivity contribution >= 4 is 5.91 Å². The lowest BCUT2D eigenvalue weighted by Gasteiger charge is -2.37. The minimum Gasteiger partial charge on any atom is -0.454 e. The minimum absolute atomic E-state index is 0.0549. The van der Waals surface area contributed by atoms with E-state index in [0.29, 0.717) is 37.7 Å². The summed E-state index contributed by atoms with van der Waals surface area (Å²) >= 11 is 0. The molecule has 2 aliphatic rings. The first-order chi connectivity index (χ1) is 13.6. The van der Waals surface area contributed by atoms with Gasteiger partial charge in [-0.2, -0.15) is 5.26 Å². The van der Waals surface area contributed by atoms with Gasteiger partial charge in [0.2, 0.25) is 6.79 Å². The number of aryl methyl sites for hydroxylation is 2. The zero-order valence-corrected chi connectivity index (χ0v) is 16.1. The number of hydrogen-bond acceptors (Lipinski definition) is 5. The summed E-state index contributed by atoms with van der Waals surface area (Å²) in [5.74, 6) is 1.45. The van der Waals surface area contributed by atoms with Crippen molar-refractivity contribution in [1.82, 2.24) is 9.80 Å². The lowest BCUT2D eigenvalue weighted by molar-refractivity contribution is 0.0606. The van der Waals surface area contributed by atoms with E-state index in [2.05, 4.69) is 11.0 Å². The van der Waals surface area contributed by atoms with Crippen molar-refractivity contribution < 1.29 is 14.3 Å². The number of ether oxygens (including phenoxy) is 2. The van der Waals surface area contributed by atoms with Crippen LogP contribution < -0.4 is 9.47 Å². The molecule has 0 saturated carbocycles. The number of nitrogens with zero attached hydrogens (tertiary/aromatic N) is 3. The molecule has 2 heterocycles. The molecular formula is C22H23N3O3. The first-order valence-corrected chi connectivity index (χ1v) is 9.46. The van der Waals surface area contributed by atoms with Crippen LogP contribution >= 0.6 is 0 Å². The molecule has 6 heteroatoms. The molecule has 0 spiro atoms. The maximum Gasteiger partial charge on any atom is 0.253 e. The number of amides is 1. The standard InChI is InChI=1S/C22H23N3O3/c1-15-3-4-18(11-16(15)2)22(26)25-9-7-24(8-10-25)19(13-23)17-5-6-20-21(12-17)28-14-27-20/h3-6,11-12,19H,7-10,14H2,1-2H3. The van der Waals surface area contributed by atoms with Crippen molar-refractivity contribution in [2.75, 3.05) is 33.0 Å². The van der Waals surface area contributed by atoms with E-state index in [4.69, 9.17) is 9.47 Å². The Morgan fingerprint density at radius 3 is 2.46 bits per heavy atom. The lowest BCUT2D eigenvalue weighted by atomic mass is 10.0. The van der Waals surface area contributed by atoms with Crippen LogP contribution in [0.5, 0.6) is 11.5 Å². The Morgan fingerprint density at radius 1 is 1.00 bits per heavy atom. The van der Waals surface area contributed by atoms with Crippen LogP contribution in [0.1, 0.15) is 33.1 Å². The predicted octanol–water partition coefficient (Wildman–Crippen LogP) is 3.05. The summed E-state index contributed by atoms with van der Waals surface area (Å²) in [5, 5.41) is 9.75. The van der Waals surface area contributed by atoms with E-state index in [1.807, 2.05) is 55.1 Å². The van der Waals surface area contributed by atoms with Crippen LogP contribution in [0.2, 0.25) is 0 Å². The van der Waals surface area contributed by atoms with Crippen molar-refractivity contribution in [1.29, 1.82) is 5.26 Å². The van der Waals surface area contributed by atoms with Gasteiger partial charge in [-0.05, 0) is 54.8 Å². The molecule has 1 amide bonds. The van der Waals surface area contributed by atoms with Gasteiger partial charge in [-0.3, -0.25) is 9.69 Å². The first kappa shape index (κ1) is 18.3. The number of piperazine rings is 1. The van der Waals surface area contributed by atoms with E-state index >= 15 is 0 Å². The van der Waals surface area contributed by atoms with E-state index < -0.39 is 0 Å². The van der Waals surface area contributed by atoms with Crippen LogP contribution in [-0.4, -0.2) is 48.7 Å². The van der Waals surface area contributed by atoms with E-state index in [1.165, 1.54) is 5.56 Å². The minimum atomic E-state index is -0.367. The molecule has 6 nitrogen and oxygen atoms in total. The molecule has 0 aliphatic carbocycles. The fourth-order valence-electron chi connectivity index (χ4n) is 3.69. The molecule has 2 aliphatic heterocycles. The molecule has 144 valence electrons. The number of rotatable bonds is 3. The SMILES string of the molecule is Cc1ccc(C(=O)N2CCN(C(C#N)c3ccc4c(c3)OCO4)CC2)cc1C. The smallest absolute Gasteiger partial charge is 0.253 e. The topological polar surface area (TPSA) is 65.8 Å². The Labute approximate surface area is 164 Å². The Morgan fingerprint density at radius 2 is 1.75 bits per heavy atom. The van der Waals surface area contributed by atoms with Crippen LogP contribution in [0.3, 0.4) is 0 Å². The highest BCUT2D eigenvalue weighted by Crippen LogP contribution is 2.35. The molecule has 1 fully saturated rings. The molecule has 2 aromatic rings. The molecule has 1 saturated heterocycles. The molecule has 2 aromatic carbocycles. The molecule has 1 atom stereocenters. The van der Waals surface area contributed by atoms with Crippen molar-refractivity contribution in [3.63, 3.8) is 0 Å². The van der Waals surface area contributed by atoms with Gasteiger partial charge in [0.1, 0.15) is 6.04 Å². The van der Waals surface area contributed by atoms with Gasteiger partial charge in [-0.15, -0.1) is 0 Å². The van der Waals surface area contributed by atoms with Crippen molar-refractivity contribution in [2.24, 2.45) is 0 Å². The van der Waals surface area contributed by atoms with E-state index in [-0.39, 0.29) is 18.7 Å². The summed E-state index contributed by atoms with van der Waals surface area (Å²) in [7, 11) is 0. The van der Waals surface area contributed by atoms with Crippen LogP contribution in [0.15, 0.2) is 36.4 Å². The second-order valence-corrected chi connectivity index (χ2v) is 7.27. The number of benzene rings is 2. The van der Waals surface area contributed by atoms with Crippen molar-refractivity contribution in [3.05, 3.63) is 58.7 Å². The van der Waals surface area contributed by atoms with Gasteiger partial charge in [0.25, 0.3) is 5.91 Å². The Bertz CT molecular complexity index is 943. The summed E-state index contributed by atoms with van der Waals surface area (Å²) in [5.41, 5.74) is 3.92. The normalized spacial score (nSPS) is 17.2. The first-order valence-electron chi connectivity index (χ1n) is 9.46. The van der Waals surface area contributed by atoms with Gasteiger partial charge in [0.05, 0.1) is 6.07 Å². The highest BCUT2D eigenvalue weighted by atomic mass is 16.7. The third-order valence-corrected chi connectivity index (χ3v) is 5.56. The van der Waals surface area contributed by atoms with Crippen LogP contribution in [-0.2, 0) is 0 Å². The number of carbonyl (C=O) groups is 1. The zero-order chi connectivity index (χ0) is 19.7. The largest absolute Gasteiger partial charge is 0.454 e. The van der Waals surface area contributed by atoms with E-state index in [1.54, 1.807) is 0 Å². The highest BCUT2D eigenvalue weighted by molar-refractivity contribution is 5.94. The molecule has 1 unspecified atom stereocenters. The zero-order valence-electron chi connectivity index (χ0n) is 16.1. The average molecular weight is 377 g/mol. The fourth-order valence-corrected chi connectivity index (χ4v) is 3.69. The van der Waals surface area contributed by atoms with Crippen molar-refractivity contribution in [3.8, 4) is 17.6 Å². The second kappa shape index (κ2) is 7.53. The molecule has 0 aromatic heterocycles. The molecular weight excluding hydrogens is 354 g/mol. The van der Waals surface area contributed by atoms with Gasteiger partial charge in [-0.25, -0.2) is 0 Å². The van der Waals surface area contributed by atoms with Crippen LogP contribution in [0.25, 0.3) is 0 Å². The highest BCUT2D eigenvalue weighted by Gasteiger charge is 2.28. The summed E-state index contributed by atoms with van der Waals surface area (Å²) in [6.45, 7) is 6.80. The maximum absolute atomic E-state index is 12.8. The van der Waals surface area contributed by atoms with Crippen LogP contribution in [0.4, 0.5) is 0 Å². The third-order valence-electron chi connectivity index (χ3n) is 5.56. The van der Waals surface area contributed by atoms with Gasteiger partial charge in [-0.1, -0.05) is 12.1 Å². The summed E-state index contributed by atoms with van der Waals surface area (Å²) < 4.78 is 10.8. The molecule has 0 N–H and O–H groups in total. The summed E-state index contributed by atoms with van der Waals surface area (Å²) in [6.07, 6.45) is 0. The average Bonchev–Trinajstić information content (AvgIpc) is 3.19. The quantitative estimate of drug-likeness (QED) is 0.823. The van der Waals surface area contributed by atoms with E-state index in [0.717, 1.165) is 16.7 Å². The fraction of sp³-hybridized carbons (Fsp3) is 0.364. The van der Waals surface area contributed by atoms with Gasteiger partial charge in [0, 0.05) is 31.7 Å². The number of nitriles is 1. The molecule has 0 bridgehead atoms. The summed E-state index contributed by atoms with van der Waals surface area (Å²) in [6, 6.07) is 13.5. The molecule has 4 rings (SSSR count). The maximum atomic E-state index is 12.8. The monoisotopic (exact) mass is 377 g/mol. The Hall–Kier alpha value is -3.04. The molecule has 0 radical (unpaired) electrons. The molecule has 28 heavy (non-hydrogen) atoms. The van der Waals surface area contributed by atoms with Gasteiger partial charge in [0.15, 0.2) is 11.5 Å². The van der Waals surface area contributed by atoms with E-state index in [9.17, 15) is 10.1 Å². The summed E-state index contributed by atoms with van der Waals surface area (Å²) in [4.78, 5) is 16.8. The van der Waals surface area contributed by atoms with Gasteiger partial charge < -0.3 is 14.4 Å². The van der Waals surface area contributed by atoms with Gasteiger partial charge >= 0.3 is 0 Å². The number of fused-ring (bicyclic) bond motifs is 1. The number of carbonyl (C=O) groups excluding carboxylic acids is 1. The lowest BCUT2D eigenvalue weighted by Crippen LogP contribution is -2.49. The second-order valence-electron chi connectivity index (χ2n) is 7.27. The third kappa shape index (κ3) is 3.41.